The molecular weight excluding hydrogens is 354 g/mol. The Balaban J connectivity index is 1.82. The summed E-state index contributed by atoms with van der Waals surface area (Å²) in [4.78, 5) is 22.2. The number of para-hydroxylation sites is 2. The molecule has 0 saturated carbocycles. The number of aromatic nitrogens is 2. The Kier molecular flexibility index (Phi) is 4.88. The maximum Gasteiger partial charge on any atom is 0.410 e. The Morgan fingerprint density at radius 1 is 1.23 bits per heavy atom. The molecule has 1 unspecified atom stereocenters. The normalized spacial score (nSPS) is 18.7. The third kappa shape index (κ3) is 3.95. The molecule has 0 N–H and O–H groups in total. The summed E-state index contributed by atoms with van der Waals surface area (Å²) in [6.07, 6.45) is 1.90. The van der Waals surface area contributed by atoms with Crippen LogP contribution in [-0.2, 0) is 14.6 Å². The van der Waals surface area contributed by atoms with Gasteiger partial charge in [0.25, 0.3) is 0 Å². The largest absolute Gasteiger partial charge is 0.444 e. The van der Waals surface area contributed by atoms with E-state index in [1.165, 1.54) is 11.1 Å². The molecule has 8 heteroatoms. The quantitative estimate of drug-likeness (QED) is 0.799. The fourth-order valence-electron chi connectivity index (χ4n) is 2.93. The molecule has 0 spiro atoms. The lowest BCUT2D eigenvalue weighted by molar-refractivity contribution is 0.0219. The van der Waals surface area contributed by atoms with Gasteiger partial charge in [0.1, 0.15) is 5.60 Å². The molecule has 140 valence electrons. The number of nitrogens with zero attached hydrogens (tertiary/aromatic N) is 3. The van der Waals surface area contributed by atoms with Gasteiger partial charge in [0.05, 0.1) is 22.5 Å². The first kappa shape index (κ1) is 18.6. The van der Waals surface area contributed by atoms with Gasteiger partial charge in [-0.25, -0.2) is 18.2 Å². The van der Waals surface area contributed by atoms with Gasteiger partial charge in [0.15, 0.2) is 5.03 Å². The van der Waals surface area contributed by atoms with Crippen molar-refractivity contribution in [1.82, 2.24) is 14.9 Å². The second kappa shape index (κ2) is 6.83. The van der Waals surface area contributed by atoms with Crippen LogP contribution < -0.4 is 0 Å². The van der Waals surface area contributed by atoms with E-state index in [4.69, 9.17) is 4.74 Å². The second-order valence-corrected chi connectivity index (χ2v) is 9.61. The van der Waals surface area contributed by atoms with Gasteiger partial charge in [-0.3, -0.25) is 4.98 Å². The lowest BCUT2D eigenvalue weighted by Gasteiger charge is -2.33. The zero-order chi connectivity index (χ0) is 18.9. The number of sulfone groups is 1. The Bertz CT molecular complexity index is 921. The molecule has 1 saturated heterocycles. The average Bonchev–Trinajstić information content (AvgIpc) is 2.60. The monoisotopic (exact) mass is 377 g/mol. The fourth-order valence-corrected chi connectivity index (χ4v) is 4.55. The number of benzene rings is 1. The number of carbonyl (C=O) groups is 1. The third-order valence-corrected chi connectivity index (χ3v) is 6.23. The second-order valence-electron chi connectivity index (χ2n) is 7.43. The highest BCUT2D eigenvalue weighted by molar-refractivity contribution is 7.92. The molecule has 1 aromatic carbocycles. The zero-order valence-corrected chi connectivity index (χ0v) is 16.0. The number of carbonyl (C=O) groups excluding carboxylic acids is 1. The summed E-state index contributed by atoms with van der Waals surface area (Å²) >= 11 is 0. The summed E-state index contributed by atoms with van der Waals surface area (Å²) in [5.74, 6) is 0. The average molecular weight is 377 g/mol. The summed E-state index contributed by atoms with van der Waals surface area (Å²) in [6, 6.07) is 7.13. The van der Waals surface area contributed by atoms with Crippen molar-refractivity contribution in [2.24, 2.45) is 0 Å². The van der Waals surface area contributed by atoms with E-state index in [1.807, 2.05) is 6.07 Å². The van der Waals surface area contributed by atoms with E-state index in [-0.39, 0.29) is 11.6 Å². The van der Waals surface area contributed by atoms with Crippen LogP contribution in [0.15, 0.2) is 35.5 Å². The summed E-state index contributed by atoms with van der Waals surface area (Å²) in [5, 5.41) is -0.758. The van der Waals surface area contributed by atoms with Crippen molar-refractivity contribution in [1.29, 1.82) is 0 Å². The Morgan fingerprint density at radius 3 is 2.62 bits per heavy atom. The number of ether oxygens (including phenoxy) is 1. The van der Waals surface area contributed by atoms with Crippen molar-refractivity contribution >= 4 is 27.0 Å². The highest BCUT2D eigenvalue weighted by Gasteiger charge is 2.36. The van der Waals surface area contributed by atoms with Crippen LogP contribution in [0.3, 0.4) is 0 Å². The van der Waals surface area contributed by atoms with Crippen LogP contribution in [0.1, 0.15) is 33.6 Å². The van der Waals surface area contributed by atoms with Crippen LogP contribution in [0.4, 0.5) is 4.79 Å². The molecule has 1 atom stereocenters. The van der Waals surface area contributed by atoms with Crippen molar-refractivity contribution in [2.75, 3.05) is 13.1 Å². The SMILES string of the molecule is CC(C)(C)OC(=O)N1CCCC(S(=O)(=O)c2cnc3ccccc3n2)C1. The molecule has 7 nitrogen and oxygen atoms in total. The lowest BCUT2D eigenvalue weighted by atomic mass is 10.1. The van der Waals surface area contributed by atoms with Gasteiger partial charge in [-0.05, 0) is 45.7 Å². The molecule has 2 heterocycles. The first-order valence-corrected chi connectivity index (χ1v) is 10.1. The van der Waals surface area contributed by atoms with Crippen molar-refractivity contribution in [3.8, 4) is 0 Å². The first-order chi connectivity index (χ1) is 12.2. The van der Waals surface area contributed by atoms with Gasteiger partial charge in [-0.2, -0.15) is 0 Å². The van der Waals surface area contributed by atoms with Crippen LogP contribution >= 0.6 is 0 Å². The molecular formula is C18H23N3O4S. The Morgan fingerprint density at radius 2 is 1.92 bits per heavy atom. The molecule has 1 aliphatic heterocycles. The molecule has 0 bridgehead atoms. The standard InChI is InChI=1S/C18H23N3O4S/c1-18(2,3)25-17(22)21-10-6-7-13(12-21)26(23,24)16-11-19-14-8-4-5-9-15(14)20-16/h4-5,8-9,11,13H,6-7,10,12H2,1-3H3. The van der Waals surface area contributed by atoms with Gasteiger partial charge in [0, 0.05) is 13.1 Å². The maximum absolute atomic E-state index is 13.0. The molecule has 1 amide bonds. The molecule has 1 aliphatic rings. The van der Waals surface area contributed by atoms with Crippen molar-refractivity contribution < 1.29 is 17.9 Å². The number of hydrogen-bond acceptors (Lipinski definition) is 6. The maximum atomic E-state index is 13.0. The summed E-state index contributed by atoms with van der Waals surface area (Å²) < 4.78 is 31.4. The number of hydrogen-bond donors (Lipinski definition) is 0. The van der Waals surface area contributed by atoms with Crippen LogP contribution in [-0.4, -0.2) is 53.3 Å². The first-order valence-electron chi connectivity index (χ1n) is 8.60. The van der Waals surface area contributed by atoms with Gasteiger partial charge in [-0.1, -0.05) is 12.1 Å². The predicted octanol–water partition coefficient (Wildman–Crippen LogP) is 2.80. The smallest absolute Gasteiger partial charge is 0.410 e. The minimum absolute atomic E-state index is 0.0489. The van der Waals surface area contributed by atoms with E-state index in [0.717, 1.165) is 0 Å². The Labute approximate surface area is 153 Å². The van der Waals surface area contributed by atoms with Crippen LogP contribution in [0.2, 0.25) is 0 Å². The van der Waals surface area contributed by atoms with Crippen molar-refractivity contribution in [3.05, 3.63) is 30.5 Å². The molecule has 3 rings (SSSR count). The summed E-state index contributed by atoms with van der Waals surface area (Å²) in [5.41, 5.74) is 0.561. The predicted molar refractivity (Wildman–Crippen MR) is 97.6 cm³/mol. The Hall–Kier alpha value is -2.22. The van der Waals surface area contributed by atoms with Gasteiger partial charge < -0.3 is 9.64 Å². The van der Waals surface area contributed by atoms with Gasteiger partial charge in [0.2, 0.25) is 9.84 Å². The summed E-state index contributed by atoms with van der Waals surface area (Å²) in [7, 11) is -3.69. The van der Waals surface area contributed by atoms with E-state index >= 15 is 0 Å². The number of fused-ring (bicyclic) bond motifs is 1. The van der Waals surface area contributed by atoms with Gasteiger partial charge in [-0.15, -0.1) is 0 Å². The molecule has 0 aliphatic carbocycles. The van der Waals surface area contributed by atoms with Crippen molar-refractivity contribution in [3.63, 3.8) is 0 Å². The van der Waals surface area contributed by atoms with E-state index in [9.17, 15) is 13.2 Å². The van der Waals surface area contributed by atoms with Crippen LogP contribution in [0.25, 0.3) is 11.0 Å². The van der Waals surface area contributed by atoms with Crippen molar-refractivity contribution in [2.45, 2.75) is 49.5 Å². The lowest BCUT2D eigenvalue weighted by Crippen LogP contribution is -2.47. The van der Waals surface area contributed by atoms with E-state index < -0.39 is 26.8 Å². The minimum Gasteiger partial charge on any atom is -0.444 e. The number of likely N-dealkylation sites (tertiary alicyclic amines) is 1. The molecule has 26 heavy (non-hydrogen) atoms. The highest BCUT2D eigenvalue weighted by Crippen LogP contribution is 2.24. The third-order valence-electron chi connectivity index (χ3n) is 4.19. The fraction of sp³-hybridized carbons (Fsp3) is 0.500. The number of piperidine rings is 1. The van der Waals surface area contributed by atoms with E-state index in [2.05, 4.69) is 9.97 Å². The molecule has 1 aromatic heterocycles. The molecule has 2 aromatic rings. The molecule has 0 radical (unpaired) electrons. The topological polar surface area (TPSA) is 89.5 Å². The van der Waals surface area contributed by atoms with Crippen LogP contribution in [0, 0.1) is 0 Å². The minimum atomic E-state index is -3.69. The highest BCUT2D eigenvalue weighted by atomic mass is 32.2. The van der Waals surface area contributed by atoms with Crippen LogP contribution in [0.5, 0.6) is 0 Å². The molecule has 1 fully saturated rings. The zero-order valence-electron chi connectivity index (χ0n) is 15.2. The van der Waals surface area contributed by atoms with E-state index in [0.29, 0.717) is 30.4 Å². The summed E-state index contributed by atoms with van der Waals surface area (Å²) in [6.45, 7) is 5.95. The number of rotatable bonds is 2. The van der Waals surface area contributed by atoms with Gasteiger partial charge >= 0.3 is 6.09 Å². The number of amides is 1. The van der Waals surface area contributed by atoms with E-state index in [1.54, 1.807) is 39.0 Å².